The van der Waals surface area contributed by atoms with E-state index in [2.05, 4.69) is 10.1 Å². The van der Waals surface area contributed by atoms with Gasteiger partial charge in [0.25, 0.3) is 5.91 Å². The van der Waals surface area contributed by atoms with Gasteiger partial charge in [0.05, 0.1) is 17.4 Å². The van der Waals surface area contributed by atoms with Crippen LogP contribution in [-0.4, -0.2) is 32.1 Å². The minimum atomic E-state index is -0.679. The van der Waals surface area contributed by atoms with Crippen LogP contribution in [0.4, 0.5) is 13.2 Å². The molecular weight excluding hydrogens is 455 g/mol. The zero-order chi connectivity index (χ0) is 24.9. The zero-order valence-electron chi connectivity index (χ0n) is 18.9. The Balaban J connectivity index is 1.48. The van der Waals surface area contributed by atoms with Crippen molar-refractivity contribution in [3.63, 3.8) is 0 Å². The molecule has 0 radical (unpaired) electrons. The molecule has 6 nitrogen and oxygen atoms in total. The monoisotopic (exact) mass is 475 g/mol. The van der Waals surface area contributed by atoms with Gasteiger partial charge >= 0.3 is 0 Å². The molecular formula is C26H20F3N5O. The normalized spacial score (nSPS) is 15.1. The van der Waals surface area contributed by atoms with Gasteiger partial charge in [0.15, 0.2) is 0 Å². The Bertz CT molecular complexity index is 1490. The molecule has 35 heavy (non-hydrogen) atoms. The number of nitriles is 1. The first-order valence-electron chi connectivity index (χ1n) is 11.0. The van der Waals surface area contributed by atoms with E-state index in [9.17, 15) is 18.0 Å². The fraction of sp³-hybridized carbons (Fsp3) is 0.192. The summed E-state index contributed by atoms with van der Waals surface area (Å²) < 4.78 is 43.7. The van der Waals surface area contributed by atoms with Gasteiger partial charge in [-0.1, -0.05) is 0 Å². The third kappa shape index (κ3) is 3.97. The number of aromatic nitrogens is 3. The van der Waals surface area contributed by atoms with Crippen LogP contribution in [0, 0.1) is 28.8 Å². The number of fused-ring (bicyclic) bond motifs is 1. The molecule has 2 aromatic heterocycles. The van der Waals surface area contributed by atoms with Crippen molar-refractivity contribution in [3.05, 3.63) is 88.6 Å². The first-order chi connectivity index (χ1) is 16.7. The number of nitrogens with zero attached hydrogens (tertiary/aromatic N) is 4. The molecule has 9 heteroatoms. The number of hydrogen-bond donors (Lipinski definition) is 1. The molecule has 5 rings (SSSR count). The average molecular weight is 475 g/mol. The lowest BCUT2D eigenvalue weighted by atomic mass is 9.94. The van der Waals surface area contributed by atoms with Crippen molar-refractivity contribution in [2.75, 3.05) is 6.54 Å². The molecule has 3 heterocycles. The number of H-pyrrole nitrogens is 1. The SMILES string of the molecule is C[C@H]1c2nn(C)c(-c3cc(F)cc(F)c3)c2CCN1C(=O)c1cc(F)cc(-c2c[nH]c(C#N)c2)c1. The Morgan fingerprint density at radius 2 is 1.71 bits per heavy atom. The minimum Gasteiger partial charge on any atom is -0.353 e. The number of aromatic amines is 1. The summed E-state index contributed by atoms with van der Waals surface area (Å²) in [7, 11) is 1.70. The highest BCUT2D eigenvalue weighted by Gasteiger charge is 2.33. The molecule has 176 valence electrons. The highest BCUT2D eigenvalue weighted by molar-refractivity contribution is 5.96. The standard InChI is InChI=1S/C26H20F3N5O/c1-14-24-23(25(33(2)32-24)16-7-20(28)11-21(29)8-16)3-4-34(14)26(35)17-5-15(6-19(27)9-17)18-10-22(12-30)31-13-18/h5-11,13-14,31H,3-4H2,1-2H3/t14-/m0/s1. The van der Waals surface area contributed by atoms with E-state index >= 15 is 0 Å². The molecule has 0 saturated heterocycles. The molecule has 1 atom stereocenters. The van der Waals surface area contributed by atoms with Crippen molar-refractivity contribution in [1.82, 2.24) is 19.7 Å². The summed E-state index contributed by atoms with van der Waals surface area (Å²) in [6.45, 7) is 2.16. The van der Waals surface area contributed by atoms with Gasteiger partial charge in [0.1, 0.15) is 29.2 Å². The van der Waals surface area contributed by atoms with Gasteiger partial charge in [0.2, 0.25) is 0 Å². The molecule has 1 amide bonds. The molecule has 1 N–H and O–H groups in total. The molecule has 4 aromatic rings. The van der Waals surface area contributed by atoms with Crippen LogP contribution in [0.2, 0.25) is 0 Å². The molecule has 1 aliphatic rings. The van der Waals surface area contributed by atoms with Crippen LogP contribution in [-0.2, 0) is 13.5 Å². The Morgan fingerprint density at radius 1 is 1.03 bits per heavy atom. The molecule has 0 fully saturated rings. The van der Waals surface area contributed by atoms with E-state index in [1.807, 2.05) is 13.0 Å². The first kappa shape index (κ1) is 22.5. The second kappa shape index (κ2) is 8.47. The van der Waals surface area contributed by atoms with E-state index in [0.29, 0.717) is 46.7 Å². The summed E-state index contributed by atoms with van der Waals surface area (Å²) in [4.78, 5) is 17.8. The topological polar surface area (TPSA) is 77.7 Å². The van der Waals surface area contributed by atoms with E-state index in [1.54, 1.807) is 35.0 Å². The third-order valence-electron chi connectivity index (χ3n) is 6.32. The largest absolute Gasteiger partial charge is 0.353 e. The van der Waals surface area contributed by atoms with Crippen molar-refractivity contribution in [2.45, 2.75) is 19.4 Å². The second-order valence-electron chi connectivity index (χ2n) is 8.56. The van der Waals surface area contributed by atoms with Crippen molar-refractivity contribution < 1.29 is 18.0 Å². The molecule has 0 bridgehead atoms. The van der Waals surface area contributed by atoms with Gasteiger partial charge < -0.3 is 9.88 Å². The van der Waals surface area contributed by atoms with Crippen molar-refractivity contribution in [2.24, 2.45) is 7.05 Å². The fourth-order valence-electron chi connectivity index (χ4n) is 4.74. The molecule has 0 spiro atoms. The molecule has 1 aliphatic heterocycles. The lowest BCUT2D eigenvalue weighted by Gasteiger charge is -2.33. The van der Waals surface area contributed by atoms with Crippen LogP contribution in [0.5, 0.6) is 0 Å². The Labute approximate surface area is 199 Å². The number of nitrogens with one attached hydrogen (secondary N) is 1. The van der Waals surface area contributed by atoms with Gasteiger partial charge in [-0.05, 0) is 55.3 Å². The minimum absolute atomic E-state index is 0.179. The van der Waals surface area contributed by atoms with E-state index in [4.69, 9.17) is 5.26 Å². The maximum Gasteiger partial charge on any atom is 0.254 e. The number of hydrogen-bond acceptors (Lipinski definition) is 3. The van der Waals surface area contributed by atoms with Crippen molar-refractivity contribution in [1.29, 1.82) is 5.26 Å². The van der Waals surface area contributed by atoms with Gasteiger partial charge in [0, 0.05) is 48.1 Å². The highest BCUT2D eigenvalue weighted by Crippen LogP contribution is 2.37. The van der Waals surface area contributed by atoms with Gasteiger partial charge in [-0.2, -0.15) is 10.4 Å². The number of halogens is 3. The van der Waals surface area contributed by atoms with Crippen LogP contribution >= 0.6 is 0 Å². The smallest absolute Gasteiger partial charge is 0.254 e. The summed E-state index contributed by atoms with van der Waals surface area (Å²) >= 11 is 0. The number of aryl methyl sites for hydroxylation is 1. The lowest BCUT2D eigenvalue weighted by Crippen LogP contribution is -2.39. The van der Waals surface area contributed by atoms with Crippen LogP contribution in [0.15, 0.2) is 48.7 Å². The van der Waals surface area contributed by atoms with E-state index in [-0.39, 0.29) is 11.5 Å². The van der Waals surface area contributed by atoms with E-state index in [0.717, 1.165) is 11.6 Å². The number of amides is 1. The molecule has 0 unspecified atom stereocenters. The summed E-state index contributed by atoms with van der Waals surface area (Å²) in [6, 6.07) is 10.6. The number of carbonyl (C=O) groups excluding carboxylic acids is 1. The zero-order valence-corrected chi connectivity index (χ0v) is 18.9. The Hall–Kier alpha value is -4.32. The maximum absolute atomic E-state index is 14.5. The van der Waals surface area contributed by atoms with Crippen LogP contribution < -0.4 is 0 Å². The van der Waals surface area contributed by atoms with Gasteiger partial charge in [-0.25, -0.2) is 13.2 Å². The molecule has 0 saturated carbocycles. The number of carbonyl (C=O) groups is 1. The fourth-order valence-corrected chi connectivity index (χ4v) is 4.74. The van der Waals surface area contributed by atoms with E-state index < -0.39 is 23.5 Å². The van der Waals surface area contributed by atoms with Crippen LogP contribution in [0.3, 0.4) is 0 Å². The highest BCUT2D eigenvalue weighted by atomic mass is 19.1. The predicted octanol–water partition coefficient (Wildman–Crippen LogP) is 5.13. The molecule has 2 aromatic carbocycles. The number of benzene rings is 2. The maximum atomic E-state index is 14.5. The summed E-state index contributed by atoms with van der Waals surface area (Å²) in [5.74, 6) is -2.28. The number of rotatable bonds is 3. The average Bonchev–Trinajstić information content (AvgIpc) is 3.42. The Kier molecular flexibility index (Phi) is 5.44. The summed E-state index contributed by atoms with van der Waals surface area (Å²) in [5.41, 5.74) is 4.02. The van der Waals surface area contributed by atoms with E-state index in [1.165, 1.54) is 24.3 Å². The first-order valence-corrected chi connectivity index (χ1v) is 11.0. The van der Waals surface area contributed by atoms with Gasteiger partial charge in [-0.15, -0.1) is 0 Å². The Morgan fingerprint density at radius 3 is 2.40 bits per heavy atom. The van der Waals surface area contributed by atoms with Crippen molar-refractivity contribution in [3.8, 4) is 28.5 Å². The van der Waals surface area contributed by atoms with Gasteiger partial charge in [-0.3, -0.25) is 9.48 Å². The molecule has 0 aliphatic carbocycles. The van der Waals surface area contributed by atoms with Crippen LogP contribution in [0.25, 0.3) is 22.4 Å². The predicted molar refractivity (Wildman–Crippen MR) is 123 cm³/mol. The summed E-state index contributed by atoms with van der Waals surface area (Å²) in [6.07, 6.45) is 2.01. The quantitative estimate of drug-likeness (QED) is 0.446. The van der Waals surface area contributed by atoms with Crippen molar-refractivity contribution >= 4 is 5.91 Å². The lowest BCUT2D eigenvalue weighted by molar-refractivity contribution is 0.0673. The second-order valence-corrected chi connectivity index (χ2v) is 8.56. The third-order valence-corrected chi connectivity index (χ3v) is 6.32. The summed E-state index contributed by atoms with van der Waals surface area (Å²) in [5, 5.41) is 13.6. The van der Waals surface area contributed by atoms with Crippen LogP contribution in [0.1, 0.15) is 40.3 Å².